The Morgan fingerprint density at radius 3 is 2.91 bits per heavy atom. The topological polar surface area (TPSA) is 71.5 Å². The number of ether oxygens (including phenoxy) is 1. The maximum Gasteiger partial charge on any atom is 0.329 e. The molecule has 3 heterocycles. The molecule has 4 rings (SSSR count). The predicted octanol–water partition coefficient (Wildman–Crippen LogP) is 1.65. The van der Waals surface area contributed by atoms with E-state index in [-0.39, 0.29) is 12.3 Å². The standard InChI is InChI=1S/C16H12FN3O3/c17-11-5-12(8-18-7-11)20-14(21)16(19-15(20)22)6-10-3-1-2-4-13(10)23-9-16/h1-5,7-8H,6,9H2,(H,19,22). The number of urea groups is 1. The van der Waals surface area contributed by atoms with Crippen molar-refractivity contribution in [1.29, 1.82) is 0 Å². The van der Waals surface area contributed by atoms with Crippen molar-refractivity contribution in [1.82, 2.24) is 10.3 Å². The second-order valence-electron chi connectivity index (χ2n) is 5.59. The molecule has 0 bridgehead atoms. The zero-order chi connectivity index (χ0) is 16.0. The molecule has 1 fully saturated rings. The molecule has 1 aromatic carbocycles. The van der Waals surface area contributed by atoms with Gasteiger partial charge in [0.25, 0.3) is 5.91 Å². The van der Waals surface area contributed by atoms with E-state index < -0.39 is 23.3 Å². The Kier molecular flexibility index (Phi) is 2.84. The predicted molar refractivity (Wildman–Crippen MR) is 78.6 cm³/mol. The van der Waals surface area contributed by atoms with Crippen molar-refractivity contribution in [3.63, 3.8) is 0 Å². The molecule has 2 aromatic rings. The van der Waals surface area contributed by atoms with E-state index in [2.05, 4.69) is 10.3 Å². The third kappa shape index (κ3) is 2.04. The van der Waals surface area contributed by atoms with E-state index in [0.717, 1.165) is 22.7 Å². The van der Waals surface area contributed by atoms with Crippen molar-refractivity contribution in [3.8, 4) is 5.75 Å². The number of pyridine rings is 1. The van der Waals surface area contributed by atoms with Crippen molar-refractivity contribution in [2.24, 2.45) is 0 Å². The number of carbonyl (C=O) groups is 2. The minimum absolute atomic E-state index is 0.0355. The summed E-state index contributed by atoms with van der Waals surface area (Å²) in [7, 11) is 0. The Morgan fingerprint density at radius 2 is 2.09 bits per heavy atom. The Morgan fingerprint density at radius 1 is 1.26 bits per heavy atom. The molecule has 1 saturated heterocycles. The number of hydrogen-bond acceptors (Lipinski definition) is 4. The first-order chi connectivity index (χ1) is 11.1. The van der Waals surface area contributed by atoms with Gasteiger partial charge in [-0.15, -0.1) is 0 Å². The van der Waals surface area contributed by atoms with Gasteiger partial charge in [-0.05, 0) is 11.6 Å². The van der Waals surface area contributed by atoms with Gasteiger partial charge in [0.15, 0.2) is 5.54 Å². The number of halogens is 1. The van der Waals surface area contributed by atoms with Crippen LogP contribution in [0, 0.1) is 5.82 Å². The number of anilines is 1. The van der Waals surface area contributed by atoms with Gasteiger partial charge >= 0.3 is 6.03 Å². The molecule has 1 unspecified atom stereocenters. The molecular weight excluding hydrogens is 301 g/mol. The summed E-state index contributed by atoms with van der Waals surface area (Å²) in [6.45, 7) is 0.0355. The zero-order valence-electron chi connectivity index (χ0n) is 12.0. The molecule has 23 heavy (non-hydrogen) atoms. The number of rotatable bonds is 1. The smallest absolute Gasteiger partial charge is 0.329 e. The summed E-state index contributed by atoms with van der Waals surface area (Å²) >= 11 is 0. The number of aromatic nitrogens is 1. The van der Waals surface area contributed by atoms with Crippen LogP contribution in [0.5, 0.6) is 5.75 Å². The van der Waals surface area contributed by atoms with E-state index in [4.69, 9.17) is 4.74 Å². The molecule has 1 atom stereocenters. The molecule has 6 nitrogen and oxygen atoms in total. The van der Waals surface area contributed by atoms with Crippen LogP contribution >= 0.6 is 0 Å². The van der Waals surface area contributed by atoms with Gasteiger partial charge in [-0.25, -0.2) is 14.1 Å². The fourth-order valence-electron chi connectivity index (χ4n) is 2.96. The fourth-order valence-corrected chi connectivity index (χ4v) is 2.96. The third-order valence-electron chi connectivity index (χ3n) is 4.05. The summed E-state index contributed by atoms with van der Waals surface area (Å²) in [5.41, 5.74) is -0.229. The lowest BCUT2D eigenvalue weighted by Gasteiger charge is -2.32. The summed E-state index contributed by atoms with van der Waals surface area (Å²) < 4.78 is 19.0. The molecule has 7 heteroatoms. The third-order valence-corrected chi connectivity index (χ3v) is 4.05. The molecule has 0 saturated carbocycles. The van der Waals surface area contributed by atoms with Crippen LogP contribution in [0.2, 0.25) is 0 Å². The second kappa shape index (κ2) is 4.77. The summed E-state index contributed by atoms with van der Waals surface area (Å²) in [6, 6.07) is 7.85. The van der Waals surface area contributed by atoms with E-state index in [1.54, 1.807) is 0 Å². The van der Waals surface area contributed by atoms with Crippen LogP contribution < -0.4 is 15.0 Å². The largest absolute Gasteiger partial charge is 0.490 e. The number of nitrogens with one attached hydrogen (secondary N) is 1. The van der Waals surface area contributed by atoms with Crippen LogP contribution in [-0.2, 0) is 11.2 Å². The first-order valence-corrected chi connectivity index (χ1v) is 7.07. The van der Waals surface area contributed by atoms with Crippen molar-refractivity contribution >= 4 is 17.6 Å². The van der Waals surface area contributed by atoms with Gasteiger partial charge in [0.1, 0.15) is 18.2 Å². The minimum Gasteiger partial charge on any atom is -0.490 e. The molecule has 116 valence electrons. The average Bonchev–Trinajstić information content (AvgIpc) is 2.77. The van der Waals surface area contributed by atoms with Gasteiger partial charge in [0.05, 0.1) is 18.1 Å². The van der Waals surface area contributed by atoms with Crippen molar-refractivity contribution in [3.05, 3.63) is 54.1 Å². The van der Waals surface area contributed by atoms with E-state index >= 15 is 0 Å². The van der Waals surface area contributed by atoms with E-state index in [0.29, 0.717) is 12.2 Å². The average molecular weight is 313 g/mol. The lowest BCUT2D eigenvalue weighted by molar-refractivity contribution is -0.123. The Balaban J connectivity index is 1.71. The number of benzene rings is 1. The highest BCUT2D eigenvalue weighted by atomic mass is 19.1. The van der Waals surface area contributed by atoms with Crippen LogP contribution in [0.25, 0.3) is 0 Å². The molecule has 2 aliphatic heterocycles. The lowest BCUT2D eigenvalue weighted by atomic mass is 9.89. The van der Waals surface area contributed by atoms with E-state index in [1.807, 2.05) is 24.3 Å². The molecule has 1 aromatic heterocycles. The fraction of sp³-hybridized carbons (Fsp3) is 0.188. The highest BCUT2D eigenvalue weighted by Gasteiger charge is 2.54. The number of para-hydroxylation sites is 1. The van der Waals surface area contributed by atoms with Crippen molar-refractivity contribution < 1.29 is 18.7 Å². The van der Waals surface area contributed by atoms with Gasteiger partial charge in [-0.2, -0.15) is 0 Å². The highest BCUT2D eigenvalue weighted by molar-refractivity contribution is 6.23. The van der Waals surface area contributed by atoms with Crippen LogP contribution in [0.4, 0.5) is 14.9 Å². The summed E-state index contributed by atoms with van der Waals surface area (Å²) in [4.78, 5) is 29.7. The molecule has 1 N–H and O–H groups in total. The molecule has 2 aliphatic rings. The van der Waals surface area contributed by atoms with Crippen LogP contribution in [0.15, 0.2) is 42.7 Å². The normalized spacial score (nSPS) is 22.7. The quantitative estimate of drug-likeness (QED) is 0.813. The van der Waals surface area contributed by atoms with Gasteiger partial charge in [0.2, 0.25) is 0 Å². The second-order valence-corrected chi connectivity index (χ2v) is 5.59. The summed E-state index contributed by atoms with van der Waals surface area (Å²) in [5.74, 6) is -0.385. The van der Waals surface area contributed by atoms with Gasteiger partial charge in [-0.3, -0.25) is 9.78 Å². The Bertz CT molecular complexity index is 826. The number of amides is 3. The van der Waals surface area contributed by atoms with Crippen molar-refractivity contribution in [2.75, 3.05) is 11.5 Å². The molecule has 0 radical (unpaired) electrons. The van der Waals surface area contributed by atoms with E-state index in [9.17, 15) is 14.0 Å². The first kappa shape index (κ1) is 13.7. The molecular formula is C16H12FN3O3. The number of hydrogen-bond donors (Lipinski definition) is 1. The Hall–Kier alpha value is -2.96. The summed E-state index contributed by atoms with van der Waals surface area (Å²) in [6.07, 6.45) is 2.61. The molecule has 0 aliphatic carbocycles. The number of fused-ring (bicyclic) bond motifs is 1. The first-order valence-electron chi connectivity index (χ1n) is 7.07. The SMILES string of the molecule is O=C1NC2(COc3ccccc3C2)C(=O)N1c1cncc(F)c1. The van der Waals surface area contributed by atoms with Gasteiger partial charge in [0, 0.05) is 12.5 Å². The highest BCUT2D eigenvalue weighted by Crippen LogP contribution is 2.34. The monoisotopic (exact) mass is 313 g/mol. The van der Waals surface area contributed by atoms with Gasteiger partial charge < -0.3 is 10.1 Å². The zero-order valence-corrected chi connectivity index (χ0v) is 12.0. The maximum atomic E-state index is 13.3. The number of nitrogens with zero attached hydrogens (tertiary/aromatic N) is 2. The maximum absolute atomic E-state index is 13.3. The summed E-state index contributed by atoms with van der Waals surface area (Å²) in [5, 5.41) is 2.69. The molecule has 3 amide bonds. The minimum atomic E-state index is -1.17. The molecule has 1 spiro atoms. The van der Waals surface area contributed by atoms with Crippen LogP contribution in [0.1, 0.15) is 5.56 Å². The van der Waals surface area contributed by atoms with Crippen LogP contribution in [0.3, 0.4) is 0 Å². The number of imide groups is 1. The van der Waals surface area contributed by atoms with E-state index in [1.165, 1.54) is 6.20 Å². The van der Waals surface area contributed by atoms with Crippen LogP contribution in [-0.4, -0.2) is 29.1 Å². The lowest BCUT2D eigenvalue weighted by Crippen LogP contribution is -2.55. The van der Waals surface area contributed by atoms with Gasteiger partial charge in [-0.1, -0.05) is 18.2 Å². The van der Waals surface area contributed by atoms with Crippen molar-refractivity contribution in [2.45, 2.75) is 12.0 Å². The number of carbonyl (C=O) groups excluding carboxylic acids is 2. The Labute approximate surface area is 130 Å².